The Morgan fingerprint density at radius 3 is 2.90 bits per heavy atom. The van der Waals surface area contributed by atoms with Crippen molar-refractivity contribution in [2.45, 2.75) is 13.0 Å². The van der Waals surface area contributed by atoms with Gasteiger partial charge in [0.2, 0.25) is 5.75 Å². The van der Waals surface area contributed by atoms with Gasteiger partial charge < -0.3 is 14.9 Å². The smallest absolute Gasteiger partial charge is 0.406 e. The third-order valence-electron chi connectivity index (χ3n) is 2.62. The van der Waals surface area contributed by atoms with Gasteiger partial charge in [0.25, 0.3) is 0 Å². The first-order valence-corrected chi connectivity index (χ1v) is 6.78. The van der Waals surface area contributed by atoms with Gasteiger partial charge in [-0.05, 0) is 69.8 Å². The largest absolute Gasteiger partial charge is 0.478 e. The van der Waals surface area contributed by atoms with Crippen molar-refractivity contribution in [3.8, 4) is 5.75 Å². The number of aromatic nitrogens is 1. The molecule has 0 saturated heterocycles. The maximum Gasteiger partial charge on any atom is 0.406 e. The van der Waals surface area contributed by atoms with E-state index in [0.717, 1.165) is 3.57 Å². The van der Waals surface area contributed by atoms with Gasteiger partial charge in [-0.3, -0.25) is 0 Å². The molecule has 5 nitrogen and oxygen atoms in total. The van der Waals surface area contributed by atoms with Crippen LogP contribution in [-0.4, -0.2) is 9.91 Å². The number of benzene rings is 1. The standard InChI is InChI=1S/C13H10FIN2O3/c1-8(10-7-9(14)4-5-11(10)15)20-12-3-2-6-16-13(12)17(18)19/h2-8H,1H3. The van der Waals surface area contributed by atoms with Crippen LogP contribution in [0.5, 0.6) is 5.75 Å². The fourth-order valence-corrected chi connectivity index (χ4v) is 2.47. The van der Waals surface area contributed by atoms with Gasteiger partial charge in [-0.2, -0.15) is 0 Å². The molecule has 1 aromatic carbocycles. The molecule has 0 N–H and O–H groups in total. The highest BCUT2D eigenvalue weighted by Gasteiger charge is 2.20. The third-order valence-corrected chi connectivity index (χ3v) is 3.61. The zero-order chi connectivity index (χ0) is 14.7. The molecule has 0 amide bonds. The fourth-order valence-electron chi connectivity index (χ4n) is 1.69. The lowest BCUT2D eigenvalue weighted by atomic mass is 10.1. The second-order valence-electron chi connectivity index (χ2n) is 4.01. The maximum atomic E-state index is 13.3. The molecule has 1 atom stereocenters. The van der Waals surface area contributed by atoms with Crippen LogP contribution in [0.15, 0.2) is 36.5 Å². The second kappa shape index (κ2) is 6.12. The summed E-state index contributed by atoms with van der Waals surface area (Å²) in [5.41, 5.74) is 0.628. The summed E-state index contributed by atoms with van der Waals surface area (Å²) in [4.78, 5) is 13.9. The van der Waals surface area contributed by atoms with Crippen molar-refractivity contribution in [1.29, 1.82) is 0 Å². The molecule has 1 heterocycles. The van der Waals surface area contributed by atoms with Gasteiger partial charge in [-0.25, -0.2) is 4.39 Å². The monoisotopic (exact) mass is 388 g/mol. The Balaban J connectivity index is 2.30. The summed E-state index contributed by atoms with van der Waals surface area (Å²) >= 11 is 2.06. The summed E-state index contributed by atoms with van der Waals surface area (Å²) in [7, 11) is 0. The van der Waals surface area contributed by atoms with Gasteiger partial charge in [0, 0.05) is 9.13 Å². The van der Waals surface area contributed by atoms with E-state index in [1.165, 1.54) is 24.4 Å². The summed E-state index contributed by atoms with van der Waals surface area (Å²) in [5, 5.41) is 10.9. The highest BCUT2D eigenvalue weighted by molar-refractivity contribution is 14.1. The van der Waals surface area contributed by atoms with Crippen LogP contribution in [0, 0.1) is 19.5 Å². The Hall–Kier alpha value is -1.77. The lowest BCUT2D eigenvalue weighted by Crippen LogP contribution is -2.07. The Morgan fingerprint density at radius 1 is 1.45 bits per heavy atom. The molecule has 0 radical (unpaired) electrons. The predicted molar refractivity (Wildman–Crippen MR) is 79.1 cm³/mol. The van der Waals surface area contributed by atoms with E-state index in [1.54, 1.807) is 19.1 Å². The molecule has 7 heteroatoms. The van der Waals surface area contributed by atoms with E-state index in [9.17, 15) is 14.5 Å². The molecule has 20 heavy (non-hydrogen) atoms. The molecule has 0 fully saturated rings. The van der Waals surface area contributed by atoms with Crippen LogP contribution < -0.4 is 4.74 Å². The molecule has 0 aliphatic carbocycles. The average molecular weight is 388 g/mol. The molecule has 0 bridgehead atoms. The predicted octanol–water partition coefficient (Wildman–Crippen LogP) is 3.87. The van der Waals surface area contributed by atoms with Crippen LogP contribution in [0.1, 0.15) is 18.6 Å². The lowest BCUT2D eigenvalue weighted by Gasteiger charge is -2.16. The molecule has 0 spiro atoms. The van der Waals surface area contributed by atoms with Crippen LogP contribution in [0.25, 0.3) is 0 Å². The Morgan fingerprint density at radius 2 is 2.20 bits per heavy atom. The first-order chi connectivity index (χ1) is 9.49. The number of hydrogen-bond donors (Lipinski definition) is 0. The van der Waals surface area contributed by atoms with E-state index in [0.29, 0.717) is 5.56 Å². The maximum absolute atomic E-state index is 13.3. The molecule has 1 aromatic heterocycles. The number of nitrogens with zero attached hydrogens (tertiary/aromatic N) is 2. The van der Waals surface area contributed by atoms with Crippen molar-refractivity contribution in [3.63, 3.8) is 0 Å². The van der Waals surface area contributed by atoms with Crippen molar-refractivity contribution in [2.75, 3.05) is 0 Å². The van der Waals surface area contributed by atoms with E-state index in [-0.39, 0.29) is 17.4 Å². The molecule has 0 aliphatic heterocycles. The summed E-state index contributed by atoms with van der Waals surface area (Å²) < 4.78 is 19.6. The topological polar surface area (TPSA) is 65.3 Å². The molecule has 0 aliphatic rings. The van der Waals surface area contributed by atoms with Gasteiger partial charge in [-0.1, -0.05) is 0 Å². The Kier molecular flexibility index (Phi) is 4.48. The summed E-state index contributed by atoms with van der Waals surface area (Å²) in [6.45, 7) is 1.70. The van der Waals surface area contributed by atoms with Crippen LogP contribution in [0.2, 0.25) is 0 Å². The molecular formula is C13H10FIN2O3. The van der Waals surface area contributed by atoms with Crippen molar-refractivity contribution < 1.29 is 14.1 Å². The zero-order valence-electron chi connectivity index (χ0n) is 10.4. The molecule has 2 aromatic rings. The van der Waals surface area contributed by atoms with E-state index in [4.69, 9.17) is 4.74 Å². The van der Waals surface area contributed by atoms with E-state index < -0.39 is 11.0 Å². The Bertz CT molecular complexity index is 651. The molecular weight excluding hydrogens is 378 g/mol. The summed E-state index contributed by atoms with van der Waals surface area (Å²) in [6, 6.07) is 7.35. The number of halogens is 2. The van der Waals surface area contributed by atoms with Gasteiger partial charge in [0.15, 0.2) is 0 Å². The average Bonchev–Trinajstić information content (AvgIpc) is 2.41. The number of rotatable bonds is 4. The van der Waals surface area contributed by atoms with Gasteiger partial charge in [0.1, 0.15) is 18.1 Å². The van der Waals surface area contributed by atoms with Crippen LogP contribution in [0.4, 0.5) is 10.2 Å². The first-order valence-electron chi connectivity index (χ1n) is 5.70. The summed E-state index contributed by atoms with van der Waals surface area (Å²) in [6.07, 6.45) is 0.794. The number of nitro groups is 1. The van der Waals surface area contributed by atoms with Gasteiger partial charge in [0.05, 0.1) is 0 Å². The van der Waals surface area contributed by atoms with E-state index in [2.05, 4.69) is 27.6 Å². The quantitative estimate of drug-likeness (QED) is 0.453. The van der Waals surface area contributed by atoms with Crippen molar-refractivity contribution in [1.82, 2.24) is 4.98 Å². The molecule has 1 unspecified atom stereocenters. The van der Waals surface area contributed by atoms with Crippen molar-refractivity contribution in [3.05, 3.63) is 61.6 Å². The zero-order valence-corrected chi connectivity index (χ0v) is 12.6. The fraction of sp³-hybridized carbons (Fsp3) is 0.154. The SMILES string of the molecule is CC(Oc1cccnc1[N+](=O)[O-])c1cc(F)ccc1I. The van der Waals surface area contributed by atoms with Crippen molar-refractivity contribution in [2.24, 2.45) is 0 Å². The minimum Gasteiger partial charge on any atom is -0.478 e. The minimum absolute atomic E-state index is 0.0602. The van der Waals surface area contributed by atoms with E-state index in [1.807, 2.05) is 0 Å². The van der Waals surface area contributed by atoms with Crippen LogP contribution in [-0.2, 0) is 0 Å². The van der Waals surface area contributed by atoms with Gasteiger partial charge in [-0.15, -0.1) is 0 Å². The normalized spacial score (nSPS) is 11.9. The summed E-state index contributed by atoms with van der Waals surface area (Å²) in [5.74, 6) is -0.674. The lowest BCUT2D eigenvalue weighted by molar-refractivity contribution is -0.390. The van der Waals surface area contributed by atoms with Crippen LogP contribution >= 0.6 is 22.6 Å². The Labute approximate surface area is 128 Å². The van der Waals surface area contributed by atoms with Crippen LogP contribution in [0.3, 0.4) is 0 Å². The molecule has 2 rings (SSSR count). The van der Waals surface area contributed by atoms with Gasteiger partial charge >= 0.3 is 5.82 Å². The molecule has 0 saturated carbocycles. The number of ether oxygens (including phenoxy) is 1. The van der Waals surface area contributed by atoms with E-state index >= 15 is 0 Å². The molecule has 104 valence electrons. The van der Waals surface area contributed by atoms with Crippen molar-refractivity contribution >= 4 is 28.4 Å². The first kappa shape index (κ1) is 14.6. The minimum atomic E-state index is -0.613. The highest BCUT2D eigenvalue weighted by Crippen LogP contribution is 2.30. The third kappa shape index (κ3) is 3.21. The number of pyridine rings is 1. The number of hydrogen-bond acceptors (Lipinski definition) is 4. The highest BCUT2D eigenvalue weighted by atomic mass is 127. The second-order valence-corrected chi connectivity index (χ2v) is 5.17.